The zero-order valence-electron chi connectivity index (χ0n) is 21.1. The first-order valence-corrected chi connectivity index (χ1v) is 12.5. The van der Waals surface area contributed by atoms with Crippen LogP contribution >= 0.6 is 0 Å². The van der Waals surface area contributed by atoms with Crippen molar-refractivity contribution in [2.24, 2.45) is 5.92 Å². The van der Waals surface area contributed by atoms with Gasteiger partial charge in [0.05, 0.1) is 12.7 Å². The van der Waals surface area contributed by atoms with E-state index in [0.29, 0.717) is 19.5 Å². The van der Waals surface area contributed by atoms with Crippen molar-refractivity contribution in [1.82, 2.24) is 15.6 Å². The largest absolute Gasteiger partial charge is 0.445 e. The van der Waals surface area contributed by atoms with E-state index in [4.69, 9.17) is 14.5 Å². The number of alkyl carbamates (subject to hydrolysis) is 2. The number of benzene rings is 1. The van der Waals surface area contributed by atoms with Gasteiger partial charge in [-0.25, -0.2) is 14.6 Å². The number of rotatable bonds is 6. The molecule has 9 heteroatoms. The van der Waals surface area contributed by atoms with Crippen LogP contribution in [0.15, 0.2) is 42.5 Å². The van der Waals surface area contributed by atoms with Gasteiger partial charge in [-0.3, -0.25) is 4.39 Å². The Labute approximate surface area is 211 Å². The van der Waals surface area contributed by atoms with Crippen molar-refractivity contribution in [2.45, 2.75) is 64.3 Å². The Hall–Kier alpha value is -3.36. The maximum atomic E-state index is 13.7. The van der Waals surface area contributed by atoms with Gasteiger partial charge in [-0.05, 0) is 57.2 Å². The van der Waals surface area contributed by atoms with Crippen LogP contribution in [0, 0.1) is 5.92 Å². The van der Waals surface area contributed by atoms with Crippen LogP contribution in [-0.2, 0) is 28.9 Å². The highest BCUT2D eigenvalue weighted by molar-refractivity contribution is 5.68. The molecule has 36 heavy (non-hydrogen) atoms. The number of nitrogens with zero attached hydrogens (tertiary/aromatic N) is 2. The van der Waals surface area contributed by atoms with E-state index in [2.05, 4.69) is 10.6 Å². The van der Waals surface area contributed by atoms with Gasteiger partial charge in [0.25, 0.3) is 0 Å². The van der Waals surface area contributed by atoms with Crippen LogP contribution in [0.25, 0.3) is 0 Å². The van der Waals surface area contributed by atoms with Crippen LogP contribution in [0.2, 0.25) is 0 Å². The molecule has 0 radical (unpaired) electrons. The number of aromatic nitrogens is 1. The summed E-state index contributed by atoms with van der Waals surface area (Å²) in [5, 5.41) is 5.78. The molecular formula is C27H35FN4O4. The summed E-state index contributed by atoms with van der Waals surface area (Å²) < 4.78 is 24.4. The molecule has 1 aromatic heterocycles. The molecule has 1 aliphatic carbocycles. The number of nitrogens with one attached hydrogen (secondary N) is 2. The van der Waals surface area contributed by atoms with E-state index in [1.165, 1.54) is 0 Å². The van der Waals surface area contributed by atoms with Gasteiger partial charge in [0, 0.05) is 30.7 Å². The fraction of sp³-hybridized carbons (Fsp3) is 0.519. The molecule has 8 nitrogen and oxygen atoms in total. The molecule has 0 bridgehead atoms. The molecule has 1 saturated heterocycles. The summed E-state index contributed by atoms with van der Waals surface area (Å²) in [4.78, 5) is 31.3. The number of anilines is 1. The number of pyridine rings is 1. The molecule has 3 atom stereocenters. The lowest BCUT2D eigenvalue weighted by atomic mass is 9.92. The second-order valence-corrected chi connectivity index (χ2v) is 10.5. The van der Waals surface area contributed by atoms with Crippen molar-refractivity contribution in [3.05, 3.63) is 59.3 Å². The molecule has 0 saturated carbocycles. The summed E-state index contributed by atoms with van der Waals surface area (Å²) in [5.74, 6) is 0.445. The molecule has 2 N–H and O–H groups in total. The van der Waals surface area contributed by atoms with Gasteiger partial charge in [0.2, 0.25) is 0 Å². The van der Waals surface area contributed by atoms with Gasteiger partial charge < -0.3 is 25.0 Å². The fourth-order valence-electron chi connectivity index (χ4n) is 4.67. The zero-order valence-corrected chi connectivity index (χ0v) is 21.1. The number of carbonyl (C=O) groups excluding carboxylic acids is 2. The Morgan fingerprint density at radius 1 is 1.08 bits per heavy atom. The summed E-state index contributed by atoms with van der Waals surface area (Å²) in [7, 11) is 0. The van der Waals surface area contributed by atoms with Crippen LogP contribution in [-0.4, -0.2) is 54.6 Å². The average molecular weight is 499 g/mol. The smallest absolute Gasteiger partial charge is 0.407 e. The molecule has 0 spiro atoms. The van der Waals surface area contributed by atoms with Gasteiger partial charge in [-0.15, -0.1) is 0 Å². The molecule has 4 rings (SSSR count). The van der Waals surface area contributed by atoms with Gasteiger partial charge in [0.1, 0.15) is 18.0 Å². The maximum Gasteiger partial charge on any atom is 0.407 e. The molecule has 2 aromatic rings. The Morgan fingerprint density at radius 2 is 1.86 bits per heavy atom. The predicted molar refractivity (Wildman–Crippen MR) is 135 cm³/mol. The third kappa shape index (κ3) is 6.86. The van der Waals surface area contributed by atoms with E-state index >= 15 is 0 Å². The molecule has 1 aromatic carbocycles. The number of fused-ring (bicyclic) bond motifs is 1. The van der Waals surface area contributed by atoms with E-state index in [9.17, 15) is 14.0 Å². The normalized spacial score (nSPS) is 21.4. The highest BCUT2D eigenvalue weighted by Gasteiger charge is 2.36. The van der Waals surface area contributed by atoms with Gasteiger partial charge in [-0.1, -0.05) is 36.4 Å². The van der Waals surface area contributed by atoms with Crippen LogP contribution in [0.5, 0.6) is 0 Å². The Kier molecular flexibility index (Phi) is 7.96. The number of amides is 2. The quantitative estimate of drug-likeness (QED) is 0.621. The lowest BCUT2D eigenvalue weighted by Gasteiger charge is -2.26. The second kappa shape index (κ2) is 11.1. The lowest BCUT2D eigenvalue weighted by molar-refractivity contribution is 0.0494. The lowest BCUT2D eigenvalue weighted by Crippen LogP contribution is -2.43. The SMILES string of the molecule is CC(C)(C)OC(=O)NC1CN(c2ccc3c(n2)CC[C@H](NC(=O)OCc2ccccc2)C3)CC1CF. The molecular weight excluding hydrogens is 463 g/mol. The third-order valence-corrected chi connectivity index (χ3v) is 6.45. The van der Waals surface area contributed by atoms with Crippen molar-refractivity contribution in [3.8, 4) is 0 Å². The first-order chi connectivity index (χ1) is 17.2. The number of halogens is 1. The highest BCUT2D eigenvalue weighted by atomic mass is 19.1. The van der Waals surface area contributed by atoms with Crippen LogP contribution in [0.1, 0.15) is 44.0 Å². The van der Waals surface area contributed by atoms with Crippen molar-refractivity contribution in [1.29, 1.82) is 0 Å². The number of hydrogen-bond acceptors (Lipinski definition) is 6. The number of alkyl halides is 1. The standard InChI is InChI=1S/C27H35FN4O4/c1-27(2,3)36-26(34)31-23-16-32(15-20(23)14-28)24-12-9-19-13-21(10-11-22(19)30-24)29-25(33)35-17-18-7-5-4-6-8-18/h4-9,12,20-21,23H,10-11,13-17H2,1-3H3,(H,29,33)(H,31,34)/t20?,21-,23?/m0/s1. The summed E-state index contributed by atoms with van der Waals surface area (Å²) >= 11 is 0. The summed E-state index contributed by atoms with van der Waals surface area (Å²) in [6.45, 7) is 6.04. The fourth-order valence-corrected chi connectivity index (χ4v) is 4.67. The number of ether oxygens (including phenoxy) is 2. The van der Waals surface area contributed by atoms with Crippen LogP contribution < -0.4 is 15.5 Å². The summed E-state index contributed by atoms with van der Waals surface area (Å²) in [6, 6.07) is 13.2. The minimum absolute atomic E-state index is 0.0152. The summed E-state index contributed by atoms with van der Waals surface area (Å²) in [6.07, 6.45) is 1.22. The van der Waals surface area contributed by atoms with Crippen molar-refractivity contribution < 1.29 is 23.5 Å². The zero-order chi connectivity index (χ0) is 25.7. The van der Waals surface area contributed by atoms with Crippen molar-refractivity contribution in [3.63, 3.8) is 0 Å². The summed E-state index contributed by atoms with van der Waals surface area (Å²) in [5.41, 5.74) is 2.41. The van der Waals surface area contributed by atoms with Crippen molar-refractivity contribution in [2.75, 3.05) is 24.7 Å². The number of carbonyl (C=O) groups is 2. The molecule has 1 fully saturated rings. The van der Waals surface area contributed by atoms with Gasteiger partial charge in [0.15, 0.2) is 0 Å². The second-order valence-electron chi connectivity index (χ2n) is 10.5. The third-order valence-electron chi connectivity index (χ3n) is 6.45. The van der Waals surface area contributed by atoms with Crippen LogP contribution in [0.4, 0.5) is 19.8 Å². The van der Waals surface area contributed by atoms with E-state index in [-0.39, 0.29) is 24.6 Å². The Morgan fingerprint density at radius 3 is 2.58 bits per heavy atom. The van der Waals surface area contributed by atoms with Crippen molar-refractivity contribution >= 4 is 18.0 Å². The molecule has 2 heterocycles. The molecule has 2 unspecified atom stereocenters. The monoisotopic (exact) mass is 498 g/mol. The van der Waals surface area contributed by atoms with E-state index < -0.39 is 24.5 Å². The van der Waals surface area contributed by atoms with E-state index in [1.54, 1.807) is 20.8 Å². The predicted octanol–water partition coefficient (Wildman–Crippen LogP) is 4.16. The van der Waals surface area contributed by atoms with Crippen LogP contribution in [0.3, 0.4) is 0 Å². The number of hydrogen-bond donors (Lipinski definition) is 2. The Bertz CT molecular complexity index is 1060. The highest BCUT2D eigenvalue weighted by Crippen LogP contribution is 2.27. The van der Waals surface area contributed by atoms with Gasteiger partial charge in [-0.2, -0.15) is 0 Å². The van der Waals surface area contributed by atoms with E-state index in [1.807, 2.05) is 47.4 Å². The molecule has 1 aliphatic heterocycles. The maximum absolute atomic E-state index is 13.7. The minimum Gasteiger partial charge on any atom is -0.445 e. The average Bonchev–Trinajstić information content (AvgIpc) is 3.24. The Balaban J connectivity index is 1.31. The first kappa shape index (κ1) is 25.7. The molecule has 2 aliphatic rings. The minimum atomic E-state index is -0.612. The topological polar surface area (TPSA) is 92.8 Å². The number of aryl methyl sites for hydroxylation is 1. The first-order valence-electron chi connectivity index (χ1n) is 12.5. The molecule has 2 amide bonds. The molecule has 194 valence electrons. The van der Waals surface area contributed by atoms with E-state index in [0.717, 1.165) is 35.5 Å². The van der Waals surface area contributed by atoms with Gasteiger partial charge >= 0.3 is 12.2 Å².